The molecule has 0 aliphatic carbocycles. The van der Waals surface area contributed by atoms with Gasteiger partial charge in [0, 0.05) is 33.6 Å². The van der Waals surface area contributed by atoms with Crippen molar-refractivity contribution in [3.05, 3.63) is 82.4 Å². The molecule has 0 bridgehead atoms. The van der Waals surface area contributed by atoms with Crippen molar-refractivity contribution in [3.8, 4) is 5.75 Å². The number of nitrogens with zero attached hydrogens (tertiary/aromatic N) is 2. The summed E-state index contributed by atoms with van der Waals surface area (Å²) in [6.07, 6.45) is 5.52. The molecule has 1 heterocycles. The fourth-order valence-corrected chi connectivity index (χ4v) is 2.87. The maximum Gasteiger partial charge on any atom is 0.125 e. The van der Waals surface area contributed by atoms with Crippen molar-refractivity contribution < 1.29 is 4.74 Å². The third-order valence-electron chi connectivity index (χ3n) is 3.74. The Morgan fingerprint density at radius 1 is 1.17 bits per heavy atom. The number of hydrogen-bond donors (Lipinski definition) is 0. The lowest BCUT2D eigenvalue weighted by molar-refractivity contribution is 0.300. The molecule has 0 saturated carbocycles. The first-order valence-electron chi connectivity index (χ1n) is 7.28. The minimum Gasteiger partial charge on any atom is -0.488 e. The SMILES string of the molecule is CC(c1ccccc1OCc1ccc(Cl)cc1Cl)n1ccnc1. The quantitative estimate of drug-likeness (QED) is 0.620. The van der Waals surface area contributed by atoms with E-state index in [2.05, 4.69) is 18.0 Å². The second-order valence-electron chi connectivity index (χ2n) is 5.25. The summed E-state index contributed by atoms with van der Waals surface area (Å²) in [7, 11) is 0. The van der Waals surface area contributed by atoms with Gasteiger partial charge in [0.1, 0.15) is 12.4 Å². The predicted octanol–water partition coefficient (Wildman–Crippen LogP) is 5.38. The van der Waals surface area contributed by atoms with E-state index in [-0.39, 0.29) is 6.04 Å². The standard InChI is InChI=1S/C18H16Cl2N2O/c1-13(22-9-8-21-12-22)16-4-2-3-5-18(16)23-11-14-6-7-15(19)10-17(14)20/h2-10,12-13H,11H2,1H3. The van der Waals surface area contributed by atoms with E-state index < -0.39 is 0 Å². The van der Waals surface area contributed by atoms with E-state index in [0.29, 0.717) is 16.7 Å². The Balaban J connectivity index is 1.81. The van der Waals surface area contributed by atoms with Crippen molar-refractivity contribution in [1.29, 1.82) is 0 Å². The third kappa shape index (κ3) is 3.69. The average Bonchev–Trinajstić information content (AvgIpc) is 3.08. The van der Waals surface area contributed by atoms with Gasteiger partial charge in [-0.3, -0.25) is 0 Å². The van der Waals surface area contributed by atoms with Crippen LogP contribution in [0, 0.1) is 0 Å². The normalized spacial score (nSPS) is 12.1. The summed E-state index contributed by atoms with van der Waals surface area (Å²) in [6.45, 7) is 2.50. The number of imidazole rings is 1. The molecule has 118 valence electrons. The van der Waals surface area contributed by atoms with Gasteiger partial charge in [0.2, 0.25) is 0 Å². The first kappa shape index (κ1) is 15.9. The highest BCUT2D eigenvalue weighted by Gasteiger charge is 2.13. The van der Waals surface area contributed by atoms with Gasteiger partial charge in [-0.25, -0.2) is 4.98 Å². The molecule has 0 fully saturated rings. The summed E-state index contributed by atoms with van der Waals surface area (Å²) >= 11 is 12.1. The highest BCUT2D eigenvalue weighted by Crippen LogP contribution is 2.29. The zero-order valence-corrected chi connectivity index (χ0v) is 14.1. The zero-order valence-electron chi connectivity index (χ0n) is 12.6. The molecule has 1 unspecified atom stereocenters. The molecule has 0 aliphatic heterocycles. The van der Waals surface area contributed by atoms with Crippen molar-refractivity contribution in [2.45, 2.75) is 19.6 Å². The molecule has 1 atom stereocenters. The van der Waals surface area contributed by atoms with E-state index in [0.717, 1.165) is 16.9 Å². The van der Waals surface area contributed by atoms with E-state index in [9.17, 15) is 0 Å². The second-order valence-corrected chi connectivity index (χ2v) is 6.09. The van der Waals surface area contributed by atoms with Crippen LogP contribution in [0.1, 0.15) is 24.1 Å². The Morgan fingerprint density at radius 3 is 2.74 bits per heavy atom. The first-order valence-corrected chi connectivity index (χ1v) is 8.04. The fourth-order valence-electron chi connectivity index (χ4n) is 2.41. The number of para-hydroxylation sites is 1. The molecule has 5 heteroatoms. The van der Waals surface area contributed by atoms with E-state index in [1.165, 1.54) is 0 Å². The number of benzene rings is 2. The van der Waals surface area contributed by atoms with Crippen molar-refractivity contribution in [2.24, 2.45) is 0 Å². The van der Waals surface area contributed by atoms with Crippen LogP contribution in [0.25, 0.3) is 0 Å². The third-order valence-corrected chi connectivity index (χ3v) is 4.33. The molecule has 0 aliphatic rings. The number of halogens is 2. The topological polar surface area (TPSA) is 27.1 Å². The van der Waals surface area contributed by atoms with Gasteiger partial charge in [0.15, 0.2) is 0 Å². The Kier molecular flexibility index (Phi) is 4.89. The highest BCUT2D eigenvalue weighted by atomic mass is 35.5. The Hall–Kier alpha value is -1.97. The summed E-state index contributed by atoms with van der Waals surface area (Å²) in [4.78, 5) is 4.10. The minimum absolute atomic E-state index is 0.134. The van der Waals surface area contributed by atoms with Crippen molar-refractivity contribution in [2.75, 3.05) is 0 Å². The van der Waals surface area contributed by atoms with Gasteiger partial charge in [0.25, 0.3) is 0 Å². The summed E-state index contributed by atoms with van der Waals surface area (Å²) in [5.74, 6) is 0.833. The molecule has 3 aromatic rings. The summed E-state index contributed by atoms with van der Waals surface area (Å²) < 4.78 is 8.04. The van der Waals surface area contributed by atoms with Crippen molar-refractivity contribution >= 4 is 23.2 Å². The Morgan fingerprint density at radius 2 is 2.00 bits per heavy atom. The van der Waals surface area contributed by atoms with E-state index in [4.69, 9.17) is 27.9 Å². The Labute approximate surface area is 145 Å². The molecule has 0 radical (unpaired) electrons. The largest absolute Gasteiger partial charge is 0.488 e. The van der Waals surface area contributed by atoms with Crippen LogP contribution in [0.15, 0.2) is 61.2 Å². The molecular formula is C18H16Cl2N2O. The summed E-state index contributed by atoms with van der Waals surface area (Å²) in [6, 6.07) is 13.5. The highest BCUT2D eigenvalue weighted by molar-refractivity contribution is 6.35. The Bertz CT molecular complexity index is 787. The molecule has 23 heavy (non-hydrogen) atoms. The van der Waals surface area contributed by atoms with Crippen molar-refractivity contribution in [3.63, 3.8) is 0 Å². The van der Waals surface area contributed by atoms with Crippen LogP contribution in [0.5, 0.6) is 5.75 Å². The number of hydrogen-bond acceptors (Lipinski definition) is 2. The minimum atomic E-state index is 0.134. The average molecular weight is 347 g/mol. The molecule has 1 aromatic heterocycles. The van der Waals surface area contributed by atoms with Gasteiger partial charge in [-0.15, -0.1) is 0 Å². The molecule has 2 aromatic carbocycles. The van der Waals surface area contributed by atoms with Crippen LogP contribution >= 0.6 is 23.2 Å². The lowest BCUT2D eigenvalue weighted by atomic mass is 10.1. The molecular weight excluding hydrogens is 331 g/mol. The summed E-state index contributed by atoms with van der Waals surface area (Å²) in [5.41, 5.74) is 2.00. The number of ether oxygens (including phenoxy) is 1. The van der Waals surface area contributed by atoms with Crippen LogP contribution in [-0.2, 0) is 6.61 Å². The fraction of sp³-hybridized carbons (Fsp3) is 0.167. The molecule has 3 rings (SSSR count). The maximum absolute atomic E-state index is 6.20. The van der Waals surface area contributed by atoms with Gasteiger partial charge >= 0.3 is 0 Å². The predicted molar refractivity (Wildman–Crippen MR) is 93.3 cm³/mol. The van der Waals surface area contributed by atoms with Crippen molar-refractivity contribution in [1.82, 2.24) is 9.55 Å². The molecule has 0 spiro atoms. The molecule has 0 saturated heterocycles. The monoisotopic (exact) mass is 346 g/mol. The zero-order chi connectivity index (χ0) is 16.2. The molecule has 0 amide bonds. The van der Waals surface area contributed by atoms with Gasteiger partial charge in [-0.2, -0.15) is 0 Å². The number of aromatic nitrogens is 2. The van der Waals surface area contributed by atoms with Crippen LogP contribution in [0.2, 0.25) is 10.0 Å². The lowest BCUT2D eigenvalue weighted by Gasteiger charge is -2.18. The van der Waals surface area contributed by atoms with E-state index in [1.54, 1.807) is 18.6 Å². The van der Waals surface area contributed by atoms with Crippen LogP contribution in [0.4, 0.5) is 0 Å². The van der Waals surface area contributed by atoms with Gasteiger partial charge < -0.3 is 9.30 Å². The van der Waals surface area contributed by atoms with Crippen LogP contribution in [-0.4, -0.2) is 9.55 Å². The summed E-state index contributed by atoms with van der Waals surface area (Å²) in [5, 5.41) is 1.23. The smallest absolute Gasteiger partial charge is 0.125 e. The van der Waals surface area contributed by atoms with Crippen LogP contribution < -0.4 is 4.74 Å². The van der Waals surface area contributed by atoms with Gasteiger partial charge in [-0.05, 0) is 25.1 Å². The lowest BCUT2D eigenvalue weighted by Crippen LogP contribution is -2.07. The molecule has 3 nitrogen and oxygen atoms in total. The van der Waals surface area contributed by atoms with Crippen LogP contribution in [0.3, 0.4) is 0 Å². The van der Waals surface area contributed by atoms with E-state index in [1.807, 2.05) is 41.1 Å². The first-order chi connectivity index (χ1) is 11.1. The van der Waals surface area contributed by atoms with E-state index >= 15 is 0 Å². The van der Waals surface area contributed by atoms with Gasteiger partial charge in [-0.1, -0.05) is 47.5 Å². The second kappa shape index (κ2) is 7.07. The maximum atomic E-state index is 6.20. The number of rotatable bonds is 5. The molecule has 0 N–H and O–H groups in total. The van der Waals surface area contributed by atoms with Gasteiger partial charge in [0.05, 0.1) is 12.4 Å².